The molecule has 3 aromatic rings. The van der Waals surface area contributed by atoms with Crippen molar-refractivity contribution in [3.8, 4) is 0 Å². The predicted octanol–water partition coefficient (Wildman–Crippen LogP) is 4.43. The lowest BCUT2D eigenvalue weighted by Crippen LogP contribution is -2.26. The molecule has 0 aliphatic rings. The maximum Gasteiger partial charge on any atom is 0.200 e. The van der Waals surface area contributed by atoms with Gasteiger partial charge in [-0.05, 0) is 50.1 Å². The third-order valence-electron chi connectivity index (χ3n) is 5.46. The van der Waals surface area contributed by atoms with E-state index in [-0.39, 0.29) is 41.4 Å². The van der Waals surface area contributed by atoms with E-state index in [0.717, 1.165) is 11.3 Å². The van der Waals surface area contributed by atoms with Gasteiger partial charge in [0.15, 0.2) is 11.2 Å². The van der Waals surface area contributed by atoms with Crippen LogP contribution >= 0.6 is 11.6 Å². The normalized spacial score (nSPS) is 11.2. The largest absolute Gasteiger partial charge is 0.395 e. The summed E-state index contributed by atoms with van der Waals surface area (Å²) in [5.74, 6) is -0.821. The zero-order valence-corrected chi connectivity index (χ0v) is 18.7. The minimum absolute atomic E-state index is 0.0476. The SMILES string of the molecule is CCN(CC)c1cc(Cc2cccc(Cl)c2F)cc2c(=O)c(C(C)=O)cn(CCO)c12. The quantitative estimate of drug-likeness (QED) is 0.522. The number of rotatable bonds is 8. The monoisotopic (exact) mass is 444 g/mol. The molecule has 0 aliphatic carbocycles. The van der Waals surface area contributed by atoms with Gasteiger partial charge in [-0.15, -0.1) is 0 Å². The summed E-state index contributed by atoms with van der Waals surface area (Å²) in [6, 6.07) is 8.50. The molecular weight excluding hydrogens is 419 g/mol. The molecule has 0 radical (unpaired) electrons. The predicted molar refractivity (Wildman–Crippen MR) is 123 cm³/mol. The van der Waals surface area contributed by atoms with Crippen LogP contribution in [0.3, 0.4) is 0 Å². The van der Waals surface area contributed by atoms with E-state index >= 15 is 0 Å². The van der Waals surface area contributed by atoms with Gasteiger partial charge < -0.3 is 14.6 Å². The van der Waals surface area contributed by atoms with Crippen molar-refractivity contribution in [1.29, 1.82) is 0 Å². The maximum absolute atomic E-state index is 14.5. The van der Waals surface area contributed by atoms with Gasteiger partial charge in [-0.2, -0.15) is 0 Å². The number of benzene rings is 2. The molecule has 0 unspecified atom stereocenters. The Balaban J connectivity index is 2.35. The van der Waals surface area contributed by atoms with Crippen LogP contribution < -0.4 is 10.3 Å². The van der Waals surface area contributed by atoms with Crippen molar-refractivity contribution in [3.05, 3.63) is 74.3 Å². The van der Waals surface area contributed by atoms with Gasteiger partial charge in [0.05, 0.1) is 28.4 Å². The summed E-state index contributed by atoms with van der Waals surface area (Å²) in [4.78, 5) is 27.4. The molecule has 5 nitrogen and oxygen atoms in total. The summed E-state index contributed by atoms with van der Waals surface area (Å²) in [6.45, 7) is 6.87. The third kappa shape index (κ3) is 4.50. The molecule has 0 saturated carbocycles. The van der Waals surface area contributed by atoms with Gasteiger partial charge in [0.1, 0.15) is 5.82 Å². The molecule has 1 N–H and O–H groups in total. The van der Waals surface area contributed by atoms with Crippen molar-refractivity contribution in [2.24, 2.45) is 0 Å². The highest BCUT2D eigenvalue weighted by Gasteiger charge is 2.19. The van der Waals surface area contributed by atoms with Gasteiger partial charge >= 0.3 is 0 Å². The first-order valence-electron chi connectivity index (χ1n) is 10.3. The summed E-state index contributed by atoms with van der Waals surface area (Å²) in [7, 11) is 0. The summed E-state index contributed by atoms with van der Waals surface area (Å²) in [5.41, 5.74) is 2.33. The summed E-state index contributed by atoms with van der Waals surface area (Å²) < 4.78 is 16.3. The van der Waals surface area contributed by atoms with E-state index in [0.29, 0.717) is 29.6 Å². The summed E-state index contributed by atoms with van der Waals surface area (Å²) in [5, 5.41) is 10.0. The minimum atomic E-state index is -0.483. The Kier molecular flexibility index (Phi) is 7.13. The lowest BCUT2D eigenvalue weighted by molar-refractivity contribution is 0.101. The van der Waals surface area contributed by atoms with E-state index < -0.39 is 5.82 Å². The van der Waals surface area contributed by atoms with Crippen molar-refractivity contribution in [3.63, 3.8) is 0 Å². The number of aliphatic hydroxyl groups excluding tert-OH is 1. The van der Waals surface area contributed by atoms with Crippen LogP contribution in [0.15, 0.2) is 41.3 Å². The second-order valence-electron chi connectivity index (χ2n) is 7.42. The number of pyridine rings is 1. The first-order chi connectivity index (χ1) is 14.8. The van der Waals surface area contributed by atoms with Gasteiger partial charge in [0, 0.05) is 37.6 Å². The molecule has 1 heterocycles. The van der Waals surface area contributed by atoms with E-state index in [2.05, 4.69) is 4.90 Å². The number of halogens is 2. The van der Waals surface area contributed by atoms with Crippen molar-refractivity contribution in [1.82, 2.24) is 4.57 Å². The number of Topliss-reactive ketones (excluding diaryl/α,β-unsaturated/α-hetero) is 1. The maximum atomic E-state index is 14.5. The van der Waals surface area contributed by atoms with E-state index in [1.807, 2.05) is 19.9 Å². The van der Waals surface area contributed by atoms with E-state index in [9.17, 15) is 19.1 Å². The van der Waals surface area contributed by atoms with Crippen LogP contribution in [-0.4, -0.2) is 35.2 Å². The second-order valence-corrected chi connectivity index (χ2v) is 7.83. The average molecular weight is 445 g/mol. The van der Waals surface area contributed by atoms with E-state index in [4.69, 9.17) is 11.6 Å². The highest BCUT2D eigenvalue weighted by molar-refractivity contribution is 6.30. The Hall–Kier alpha value is -2.70. The Bertz CT molecular complexity index is 1190. The van der Waals surface area contributed by atoms with Gasteiger partial charge in [-0.1, -0.05) is 23.7 Å². The molecule has 2 aromatic carbocycles. The van der Waals surface area contributed by atoms with Crippen LogP contribution in [0.2, 0.25) is 5.02 Å². The van der Waals surface area contributed by atoms with Gasteiger partial charge in [0.25, 0.3) is 0 Å². The highest BCUT2D eigenvalue weighted by Crippen LogP contribution is 2.30. The molecular formula is C24H26ClFN2O3. The summed E-state index contributed by atoms with van der Waals surface area (Å²) in [6.07, 6.45) is 1.77. The first kappa shape index (κ1) is 23.0. The standard InChI is InChI=1S/C24H26ClFN2O3/c1-4-27(5-2)21-13-16(11-17-7-6-8-20(25)22(17)26)12-18-23(21)28(9-10-29)14-19(15(3)30)24(18)31/h6-8,12-14,29H,4-5,9-11H2,1-3H3. The number of anilines is 1. The van der Waals surface area contributed by atoms with Crippen LogP contribution in [-0.2, 0) is 13.0 Å². The van der Waals surface area contributed by atoms with Gasteiger partial charge in [-0.25, -0.2) is 4.39 Å². The fourth-order valence-electron chi connectivity index (χ4n) is 3.92. The zero-order chi connectivity index (χ0) is 22.7. The fraction of sp³-hybridized carbons (Fsp3) is 0.333. The second kappa shape index (κ2) is 9.62. The third-order valence-corrected chi connectivity index (χ3v) is 5.75. The highest BCUT2D eigenvalue weighted by atomic mass is 35.5. The molecule has 7 heteroatoms. The number of carbonyl (C=O) groups is 1. The van der Waals surface area contributed by atoms with Crippen LogP contribution in [0.1, 0.15) is 42.3 Å². The molecule has 0 aliphatic heterocycles. The first-order valence-corrected chi connectivity index (χ1v) is 10.7. The Morgan fingerprint density at radius 3 is 2.55 bits per heavy atom. The number of ketones is 1. The number of nitrogens with zero attached hydrogens (tertiary/aromatic N) is 2. The molecule has 31 heavy (non-hydrogen) atoms. The lowest BCUT2D eigenvalue weighted by Gasteiger charge is -2.26. The molecule has 0 atom stereocenters. The topological polar surface area (TPSA) is 62.5 Å². The molecule has 3 rings (SSSR count). The lowest BCUT2D eigenvalue weighted by atomic mass is 9.99. The van der Waals surface area contributed by atoms with Crippen molar-refractivity contribution in [2.75, 3.05) is 24.6 Å². The number of hydrogen-bond acceptors (Lipinski definition) is 4. The number of aromatic nitrogens is 1. The number of hydrogen-bond donors (Lipinski definition) is 1. The van der Waals surface area contributed by atoms with Crippen molar-refractivity contribution < 1.29 is 14.3 Å². The van der Waals surface area contributed by atoms with E-state index in [1.165, 1.54) is 19.2 Å². The molecule has 0 spiro atoms. The van der Waals surface area contributed by atoms with Crippen LogP contribution in [0.4, 0.5) is 10.1 Å². The summed E-state index contributed by atoms with van der Waals surface area (Å²) >= 11 is 5.94. The Morgan fingerprint density at radius 1 is 1.23 bits per heavy atom. The Morgan fingerprint density at radius 2 is 1.94 bits per heavy atom. The molecule has 164 valence electrons. The molecule has 0 saturated heterocycles. The van der Waals surface area contributed by atoms with Crippen LogP contribution in [0, 0.1) is 5.82 Å². The van der Waals surface area contributed by atoms with Crippen LogP contribution in [0.25, 0.3) is 10.9 Å². The number of carbonyl (C=O) groups excluding carboxylic acids is 1. The van der Waals surface area contributed by atoms with Gasteiger partial charge in [-0.3, -0.25) is 9.59 Å². The molecule has 0 fully saturated rings. The fourth-order valence-corrected chi connectivity index (χ4v) is 4.12. The average Bonchev–Trinajstić information content (AvgIpc) is 2.74. The van der Waals surface area contributed by atoms with Crippen molar-refractivity contribution >= 4 is 34.0 Å². The smallest absolute Gasteiger partial charge is 0.200 e. The van der Waals surface area contributed by atoms with Crippen LogP contribution in [0.5, 0.6) is 0 Å². The zero-order valence-electron chi connectivity index (χ0n) is 17.9. The molecule has 0 bridgehead atoms. The number of fused-ring (bicyclic) bond motifs is 1. The van der Waals surface area contributed by atoms with Gasteiger partial charge in [0.2, 0.25) is 0 Å². The van der Waals surface area contributed by atoms with E-state index in [1.54, 1.807) is 22.8 Å². The van der Waals surface area contributed by atoms with Crippen molar-refractivity contribution in [2.45, 2.75) is 33.7 Å². The molecule has 0 amide bonds. The number of aliphatic hydroxyl groups is 1. The Labute approximate surface area is 185 Å². The minimum Gasteiger partial charge on any atom is -0.395 e. The molecule has 1 aromatic heterocycles.